The highest BCUT2D eigenvalue weighted by Gasteiger charge is 2.42. The molecule has 3 heterocycles. The molecule has 0 amide bonds. The van der Waals surface area contributed by atoms with Crippen molar-refractivity contribution < 1.29 is 13.9 Å². The third-order valence-corrected chi connectivity index (χ3v) is 6.51. The number of hydrazone groups is 1. The third-order valence-electron chi connectivity index (χ3n) is 6.28. The van der Waals surface area contributed by atoms with Gasteiger partial charge in [-0.05, 0) is 42.0 Å². The molecule has 0 spiro atoms. The van der Waals surface area contributed by atoms with E-state index >= 15 is 0 Å². The Bertz CT molecular complexity index is 1440. The van der Waals surface area contributed by atoms with Gasteiger partial charge in [0.2, 0.25) is 12.1 Å². The van der Waals surface area contributed by atoms with Crippen LogP contribution in [0.2, 0.25) is 5.02 Å². The lowest BCUT2D eigenvalue weighted by Crippen LogP contribution is -2.33. The van der Waals surface area contributed by atoms with E-state index in [1.54, 1.807) is 23.6 Å². The number of hydrogen-bond acceptors (Lipinski definition) is 4. The standard InChI is InChI=1S/C26H19ClFN3O2/c1-15(32)30-14-21(19-4-2-3-5-23(19)30)26-31-24(20-12-17(27)8-11-25(20)33-26)13-22(29-31)16-6-9-18(28)10-7-16/h2-12,14,24,26H,13H2,1H3/t24-,26-/m1/s1. The Morgan fingerprint density at radius 1 is 1.09 bits per heavy atom. The van der Waals surface area contributed by atoms with Crippen LogP contribution >= 0.6 is 11.6 Å². The number of fused-ring (bicyclic) bond motifs is 4. The van der Waals surface area contributed by atoms with Crippen LogP contribution in [0, 0.1) is 5.82 Å². The van der Waals surface area contributed by atoms with Crippen molar-refractivity contribution in [3.05, 3.63) is 100 Å². The van der Waals surface area contributed by atoms with Crippen LogP contribution in [0.5, 0.6) is 5.75 Å². The van der Waals surface area contributed by atoms with Crippen molar-refractivity contribution in [2.75, 3.05) is 0 Å². The fourth-order valence-electron chi connectivity index (χ4n) is 4.74. The molecule has 3 aromatic carbocycles. The molecule has 0 aliphatic carbocycles. The Morgan fingerprint density at radius 3 is 2.67 bits per heavy atom. The number of nitrogens with zero attached hydrogens (tertiary/aromatic N) is 3. The summed E-state index contributed by atoms with van der Waals surface area (Å²) in [5.74, 6) is 0.375. The lowest BCUT2D eigenvalue weighted by atomic mass is 9.96. The van der Waals surface area contributed by atoms with Crippen LogP contribution in [-0.4, -0.2) is 21.2 Å². The number of para-hydroxylation sites is 1. The van der Waals surface area contributed by atoms with E-state index in [4.69, 9.17) is 21.4 Å². The van der Waals surface area contributed by atoms with Crippen molar-refractivity contribution in [2.45, 2.75) is 25.6 Å². The minimum atomic E-state index is -0.535. The zero-order valence-corrected chi connectivity index (χ0v) is 18.5. The van der Waals surface area contributed by atoms with E-state index in [1.165, 1.54) is 12.1 Å². The molecule has 5 nitrogen and oxygen atoms in total. The van der Waals surface area contributed by atoms with Crippen molar-refractivity contribution in [3.63, 3.8) is 0 Å². The molecule has 2 aliphatic rings. The number of carbonyl (C=O) groups excluding carboxylic acids is 1. The second-order valence-electron chi connectivity index (χ2n) is 8.30. The van der Waals surface area contributed by atoms with Gasteiger partial charge in [-0.25, -0.2) is 9.40 Å². The van der Waals surface area contributed by atoms with E-state index < -0.39 is 6.23 Å². The lowest BCUT2D eigenvalue weighted by Gasteiger charge is -2.38. The summed E-state index contributed by atoms with van der Waals surface area (Å²) in [6.45, 7) is 1.54. The van der Waals surface area contributed by atoms with Crippen LogP contribution in [-0.2, 0) is 0 Å². The SMILES string of the molecule is CC(=O)n1cc([C@H]2Oc3ccc(Cl)cc3[C@H]3CC(c4ccc(F)cc4)=NN32)c2ccccc21. The third kappa shape index (κ3) is 3.21. The fraction of sp³-hybridized carbons (Fsp3) is 0.154. The molecule has 0 N–H and O–H groups in total. The number of carbonyl (C=O) groups is 1. The predicted octanol–water partition coefficient (Wildman–Crippen LogP) is 6.34. The van der Waals surface area contributed by atoms with Crippen LogP contribution in [0.25, 0.3) is 10.9 Å². The number of rotatable bonds is 2. The van der Waals surface area contributed by atoms with Gasteiger partial charge in [0.15, 0.2) is 0 Å². The van der Waals surface area contributed by atoms with Gasteiger partial charge in [-0.15, -0.1) is 0 Å². The number of hydrogen-bond donors (Lipinski definition) is 0. The van der Waals surface area contributed by atoms with Crippen molar-refractivity contribution in [1.82, 2.24) is 9.58 Å². The summed E-state index contributed by atoms with van der Waals surface area (Å²) in [5, 5.41) is 8.41. The van der Waals surface area contributed by atoms with Gasteiger partial charge in [0.1, 0.15) is 11.6 Å². The van der Waals surface area contributed by atoms with E-state index in [0.717, 1.165) is 39.1 Å². The summed E-state index contributed by atoms with van der Waals surface area (Å²) in [4.78, 5) is 12.3. The summed E-state index contributed by atoms with van der Waals surface area (Å²) >= 11 is 6.31. The van der Waals surface area contributed by atoms with Crippen molar-refractivity contribution >= 4 is 34.1 Å². The summed E-state index contributed by atoms with van der Waals surface area (Å²) in [7, 11) is 0. The lowest BCUT2D eigenvalue weighted by molar-refractivity contribution is -0.0181. The fourth-order valence-corrected chi connectivity index (χ4v) is 4.92. The second-order valence-corrected chi connectivity index (χ2v) is 8.73. The minimum absolute atomic E-state index is 0.0751. The highest BCUT2D eigenvalue weighted by Crippen LogP contribution is 2.49. The molecule has 33 heavy (non-hydrogen) atoms. The van der Waals surface area contributed by atoms with Crippen LogP contribution in [0.1, 0.15) is 47.1 Å². The van der Waals surface area contributed by atoms with Crippen molar-refractivity contribution in [2.24, 2.45) is 5.10 Å². The van der Waals surface area contributed by atoms with Gasteiger partial charge in [-0.2, -0.15) is 5.10 Å². The van der Waals surface area contributed by atoms with Crippen LogP contribution in [0.4, 0.5) is 4.39 Å². The molecule has 164 valence electrons. The Hall–Kier alpha value is -3.64. The first kappa shape index (κ1) is 20.0. The molecule has 4 aromatic rings. The molecular formula is C26H19ClFN3O2. The molecule has 2 aliphatic heterocycles. The van der Waals surface area contributed by atoms with Gasteiger partial charge >= 0.3 is 0 Å². The molecule has 1 aromatic heterocycles. The van der Waals surface area contributed by atoms with Gasteiger partial charge in [-0.1, -0.05) is 41.9 Å². The van der Waals surface area contributed by atoms with E-state index in [0.29, 0.717) is 11.4 Å². The molecule has 6 rings (SSSR count). The summed E-state index contributed by atoms with van der Waals surface area (Å²) < 4.78 is 21.6. The summed E-state index contributed by atoms with van der Waals surface area (Å²) in [6.07, 6.45) is 1.93. The molecule has 2 atom stereocenters. The normalized spacial score (nSPS) is 19.1. The van der Waals surface area contributed by atoms with Gasteiger partial charge in [0.25, 0.3) is 0 Å². The van der Waals surface area contributed by atoms with Crippen molar-refractivity contribution in [1.29, 1.82) is 0 Å². The van der Waals surface area contributed by atoms with Crippen molar-refractivity contribution in [3.8, 4) is 5.75 Å². The quantitative estimate of drug-likeness (QED) is 0.351. The Kier molecular flexibility index (Phi) is 4.52. The zero-order chi connectivity index (χ0) is 22.7. The van der Waals surface area contributed by atoms with Gasteiger partial charge in [0.05, 0.1) is 17.3 Å². The second kappa shape index (κ2) is 7.46. The Balaban J connectivity index is 1.52. The highest BCUT2D eigenvalue weighted by atomic mass is 35.5. The van der Waals surface area contributed by atoms with Gasteiger partial charge in [-0.3, -0.25) is 9.36 Å². The molecule has 7 heteroatoms. The first-order valence-corrected chi connectivity index (χ1v) is 11.1. The van der Waals surface area contributed by atoms with E-state index in [9.17, 15) is 9.18 Å². The number of ether oxygens (including phenoxy) is 1. The predicted molar refractivity (Wildman–Crippen MR) is 125 cm³/mol. The average Bonchev–Trinajstić information content (AvgIpc) is 3.42. The molecule has 0 fully saturated rings. The number of aromatic nitrogens is 1. The van der Waals surface area contributed by atoms with Crippen LogP contribution < -0.4 is 4.74 Å². The van der Waals surface area contributed by atoms with E-state index in [2.05, 4.69) is 0 Å². The summed E-state index contributed by atoms with van der Waals surface area (Å²) in [6, 6.07) is 19.6. The van der Waals surface area contributed by atoms with Gasteiger partial charge < -0.3 is 4.74 Å². The molecule has 0 radical (unpaired) electrons. The number of halogens is 2. The molecule has 0 saturated carbocycles. The molecular weight excluding hydrogens is 441 g/mol. The first-order valence-electron chi connectivity index (χ1n) is 10.7. The Morgan fingerprint density at radius 2 is 1.88 bits per heavy atom. The Labute approximate surface area is 194 Å². The smallest absolute Gasteiger partial charge is 0.227 e. The number of benzene rings is 3. The topological polar surface area (TPSA) is 46.8 Å². The molecule has 0 saturated heterocycles. The minimum Gasteiger partial charge on any atom is -0.464 e. The van der Waals surface area contributed by atoms with E-state index in [1.807, 2.05) is 53.7 Å². The largest absolute Gasteiger partial charge is 0.464 e. The average molecular weight is 460 g/mol. The van der Waals surface area contributed by atoms with Crippen LogP contribution in [0.3, 0.4) is 0 Å². The molecule has 0 unspecified atom stereocenters. The zero-order valence-electron chi connectivity index (χ0n) is 17.7. The van der Waals surface area contributed by atoms with Crippen LogP contribution in [0.15, 0.2) is 78.0 Å². The van der Waals surface area contributed by atoms with E-state index in [-0.39, 0.29) is 17.8 Å². The maximum Gasteiger partial charge on any atom is 0.227 e. The highest BCUT2D eigenvalue weighted by molar-refractivity contribution is 6.30. The monoisotopic (exact) mass is 459 g/mol. The molecule has 0 bridgehead atoms. The maximum absolute atomic E-state index is 13.5. The van der Waals surface area contributed by atoms with Gasteiger partial charge in [0, 0.05) is 41.1 Å². The summed E-state index contributed by atoms with van der Waals surface area (Å²) in [5.41, 5.74) is 4.34. The first-order chi connectivity index (χ1) is 16.0. The maximum atomic E-state index is 13.5.